The maximum Gasteiger partial charge on any atom is 0.354 e. The van der Waals surface area contributed by atoms with E-state index in [4.69, 9.17) is 15.6 Å². The molecule has 3 amide bonds. The summed E-state index contributed by atoms with van der Waals surface area (Å²) in [7, 11) is 0. The fourth-order valence-corrected chi connectivity index (χ4v) is 1.06. The molecule has 0 aliphatic heterocycles. The third kappa shape index (κ3) is 3.74. The summed E-state index contributed by atoms with van der Waals surface area (Å²) in [5.74, 6) is -1.67. The lowest BCUT2D eigenvalue weighted by Gasteiger charge is -2.12. The summed E-state index contributed by atoms with van der Waals surface area (Å²) in [6, 6.07) is 1.61. The molecule has 8 heteroatoms. The predicted molar refractivity (Wildman–Crippen MR) is 59.0 cm³/mol. The molecule has 0 radical (unpaired) electrons. The highest BCUT2D eigenvalue weighted by Crippen LogP contribution is 2.11. The summed E-state index contributed by atoms with van der Waals surface area (Å²) < 4.78 is 5.14. The van der Waals surface area contributed by atoms with Gasteiger partial charge in [0.2, 0.25) is 0 Å². The average molecular weight is 253 g/mol. The van der Waals surface area contributed by atoms with Gasteiger partial charge in [0, 0.05) is 0 Å². The number of amides is 3. The Morgan fingerprint density at radius 1 is 1.44 bits per heavy atom. The summed E-state index contributed by atoms with van der Waals surface area (Å²) in [4.78, 5) is 35.9. The molecule has 4 N–H and O–H groups in total. The summed E-state index contributed by atoms with van der Waals surface area (Å²) in [5.41, 5.74) is 4.63. The molecule has 1 aromatic rings. The van der Waals surface area contributed by atoms with E-state index in [-0.39, 0.29) is 11.4 Å². The second kappa shape index (κ2) is 5.62. The lowest BCUT2D eigenvalue weighted by Crippen LogP contribution is -2.42. The number of nitrogens with two attached hydrogens (primary N) is 1. The summed E-state index contributed by atoms with van der Waals surface area (Å²) in [6.07, 6.45) is 0.201. The Balaban J connectivity index is 2.64. The van der Waals surface area contributed by atoms with E-state index in [1.54, 1.807) is 0 Å². The van der Waals surface area contributed by atoms with Gasteiger partial charge in [0.05, 0.1) is 6.20 Å². The van der Waals surface area contributed by atoms with Gasteiger partial charge >= 0.3 is 12.0 Å². The largest absolute Gasteiger partial charge is 0.479 e. The van der Waals surface area contributed by atoms with Crippen molar-refractivity contribution in [2.45, 2.75) is 13.0 Å². The van der Waals surface area contributed by atoms with E-state index < -0.39 is 24.0 Å². The van der Waals surface area contributed by atoms with E-state index in [1.165, 1.54) is 19.1 Å². The second-order valence-electron chi connectivity index (χ2n) is 3.30. The molecule has 0 fully saturated rings. The van der Waals surface area contributed by atoms with E-state index in [9.17, 15) is 14.4 Å². The van der Waals surface area contributed by atoms with Gasteiger partial charge in [-0.2, -0.15) is 0 Å². The Kier molecular flexibility index (Phi) is 4.19. The third-order valence-electron chi connectivity index (χ3n) is 1.88. The number of urea groups is 1. The van der Waals surface area contributed by atoms with Crippen molar-refractivity contribution in [2.75, 3.05) is 0 Å². The topological polar surface area (TPSA) is 132 Å². The Hall–Kier alpha value is -2.64. The van der Waals surface area contributed by atoms with Crippen molar-refractivity contribution in [3.63, 3.8) is 0 Å². The molecule has 1 atom stereocenters. The number of carboxylic acids is 1. The number of aromatic carboxylic acids is 1. The molecular weight excluding hydrogens is 242 g/mol. The van der Waals surface area contributed by atoms with Crippen molar-refractivity contribution in [2.24, 2.45) is 5.73 Å². The number of nitrogens with zero attached hydrogens (tertiary/aromatic N) is 1. The minimum atomic E-state index is -1.17. The molecule has 96 valence electrons. The molecule has 1 rings (SSSR count). The van der Waals surface area contributed by atoms with Crippen molar-refractivity contribution < 1.29 is 24.2 Å². The van der Waals surface area contributed by atoms with E-state index in [0.29, 0.717) is 0 Å². The van der Waals surface area contributed by atoms with Crippen LogP contribution in [-0.2, 0) is 4.79 Å². The normalized spacial score (nSPS) is 11.4. The van der Waals surface area contributed by atoms with Crippen LogP contribution in [0, 0.1) is 0 Å². The monoisotopic (exact) mass is 253 g/mol. The number of carbonyl (C=O) groups excluding carboxylic acids is 2. The molecule has 0 bridgehead atoms. The second-order valence-corrected chi connectivity index (χ2v) is 3.30. The van der Waals surface area contributed by atoms with Crippen LogP contribution in [0.25, 0.3) is 0 Å². The van der Waals surface area contributed by atoms with Crippen molar-refractivity contribution in [3.05, 3.63) is 24.0 Å². The number of primary amides is 1. The fourth-order valence-electron chi connectivity index (χ4n) is 1.06. The number of hydrogen-bond donors (Lipinski definition) is 3. The van der Waals surface area contributed by atoms with Crippen molar-refractivity contribution in [1.29, 1.82) is 0 Å². The van der Waals surface area contributed by atoms with Crippen molar-refractivity contribution in [1.82, 2.24) is 10.3 Å². The first-order valence-electron chi connectivity index (χ1n) is 4.86. The average Bonchev–Trinajstić information content (AvgIpc) is 2.28. The Labute approximate surface area is 102 Å². The van der Waals surface area contributed by atoms with Gasteiger partial charge in [-0.15, -0.1) is 0 Å². The van der Waals surface area contributed by atoms with Gasteiger partial charge < -0.3 is 15.6 Å². The van der Waals surface area contributed by atoms with Crippen LogP contribution in [0.3, 0.4) is 0 Å². The number of pyridine rings is 1. The number of carboxylic acid groups (broad SMARTS) is 1. The smallest absolute Gasteiger partial charge is 0.354 e. The van der Waals surface area contributed by atoms with Crippen LogP contribution < -0.4 is 15.8 Å². The predicted octanol–water partition coefficient (Wildman–Crippen LogP) is -0.258. The zero-order valence-corrected chi connectivity index (χ0v) is 9.41. The highest BCUT2D eigenvalue weighted by Gasteiger charge is 2.16. The van der Waals surface area contributed by atoms with Gasteiger partial charge in [-0.3, -0.25) is 10.1 Å². The Morgan fingerprint density at radius 3 is 2.56 bits per heavy atom. The molecule has 1 unspecified atom stereocenters. The first kappa shape index (κ1) is 13.4. The Bertz CT molecular complexity index is 471. The molecule has 1 aromatic heterocycles. The van der Waals surface area contributed by atoms with E-state index in [2.05, 4.69) is 4.98 Å². The van der Waals surface area contributed by atoms with E-state index in [1.807, 2.05) is 5.32 Å². The van der Waals surface area contributed by atoms with Gasteiger partial charge in [0.1, 0.15) is 11.4 Å². The molecule has 18 heavy (non-hydrogen) atoms. The maximum absolute atomic E-state index is 11.3. The van der Waals surface area contributed by atoms with Gasteiger partial charge in [-0.05, 0) is 19.1 Å². The number of nitrogens with one attached hydrogen (secondary N) is 1. The molecule has 0 spiro atoms. The zero-order valence-electron chi connectivity index (χ0n) is 9.41. The molecule has 0 saturated carbocycles. The minimum Gasteiger partial charge on any atom is -0.479 e. The molecule has 8 nitrogen and oxygen atoms in total. The standard InChI is InChI=1S/C10H11N3O5/c1-5(8(14)13-10(11)17)18-6-2-3-7(9(15)16)12-4-6/h2-5H,1H3,(H,15,16)(H3,11,13,14,17). The molecular formula is C10H11N3O5. The summed E-state index contributed by atoms with van der Waals surface area (Å²) in [5, 5.41) is 10.5. The summed E-state index contributed by atoms with van der Waals surface area (Å²) in [6.45, 7) is 1.41. The summed E-state index contributed by atoms with van der Waals surface area (Å²) >= 11 is 0. The van der Waals surface area contributed by atoms with Gasteiger partial charge in [0.25, 0.3) is 5.91 Å². The van der Waals surface area contributed by atoms with Crippen LogP contribution in [0.1, 0.15) is 17.4 Å². The highest BCUT2D eigenvalue weighted by atomic mass is 16.5. The van der Waals surface area contributed by atoms with E-state index >= 15 is 0 Å². The Morgan fingerprint density at radius 2 is 2.11 bits per heavy atom. The minimum absolute atomic E-state index is 0.142. The zero-order chi connectivity index (χ0) is 13.7. The maximum atomic E-state index is 11.3. The van der Waals surface area contributed by atoms with Crippen LogP contribution in [0.5, 0.6) is 5.75 Å². The number of ether oxygens (including phenoxy) is 1. The number of hydrogen-bond acceptors (Lipinski definition) is 5. The van der Waals surface area contributed by atoms with Gasteiger partial charge in [-0.1, -0.05) is 0 Å². The van der Waals surface area contributed by atoms with Crippen LogP contribution in [0.4, 0.5) is 4.79 Å². The molecule has 0 aromatic carbocycles. The van der Waals surface area contributed by atoms with Gasteiger partial charge in [-0.25, -0.2) is 14.6 Å². The molecule has 0 saturated heterocycles. The number of rotatable bonds is 4. The van der Waals surface area contributed by atoms with Crippen LogP contribution in [0.15, 0.2) is 18.3 Å². The van der Waals surface area contributed by atoms with Gasteiger partial charge in [0.15, 0.2) is 6.10 Å². The first-order valence-corrected chi connectivity index (χ1v) is 4.86. The number of imide groups is 1. The molecule has 0 aliphatic rings. The lowest BCUT2D eigenvalue weighted by atomic mass is 10.3. The molecule has 1 heterocycles. The first-order chi connectivity index (χ1) is 8.40. The molecule has 0 aliphatic carbocycles. The fraction of sp³-hybridized carbons (Fsp3) is 0.200. The van der Waals surface area contributed by atoms with Crippen LogP contribution >= 0.6 is 0 Å². The van der Waals surface area contributed by atoms with Crippen LogP contribution in [0.2, 0.25) is 0 Å². The number of carbonyl (C=O) groups is 3. The van der Waals surface area contributed by atoms with Crippen molar-refractivity contribution >= 4 is 17.9 Å². The van der Waals surface area contributed by atoms with E-state index in [0.717, 1.165) is 6.20 Å². The lowest BCUT2D eigenvalue weighted by molar-refractivity contribution is -0.126. The third-order valence-corrected chi connectivity index (χ3v) is 1.88. The van der Waals surface area contributed by atoms with Crippen LogP contribution in [-0.4, -0.2) is 34.1 Å². The SMILES string of the molecule is CC(Oc1ccc(C(=O)O)nc1)C(=O)NC(N)=O. The number of aromatic nitrogens is 1. The quantitative estimate of drug-likeness (QED) is 0.677. The van der Waals surface area contributed by atoms with Crippen molar-refractivity contribution in [3.8, 4) is 5.75 Å². The highest BCUT2D eigenvalue weighted by molar-refractivity contribution is 5.95.